The number of rotatable bonds is 3. The summed E-state index contributed by atoms with van der Waals surface area (Å²) in [6, 6.07) is 5.29. The lowest BCUT2D eigenvalue weighted by molar-refractivity contribution is -0.134. The van der Waals surface area contributed by atoms with E-state index in [1.165, 1.54) is 0 Å². The average molecular weight is 366 g/mol. The summed E-state index contributed by atoms with van der Waals surface area (Å²) < 4.78 is 5.53. The van der Waals surface area contributed by atoms with Crippen LogP contribution in [-0.2, 0) is 9.53 Å². The summed E-state index contributed by atoms with van der Waals surface area (Å²) in [5.74, 6) is 0.122. The van der Waals surface area contributed by atoms with Gasteiger partial charge in [0.05, 0.1) is 12.5 Å². The van der Waals surface area contributed by atoms with Gasteiger partial charge in [-0.15, -0.1) is 0 Å². The Hall–Kier alpha value is -1.79. The van der Waals surface area contributed by atoms with E-state index in [1.807, 2.05) is 24.0 Å². The summed E-state index contributed by atoms with van der Waals surface area (Å²) in [7, 11) is 0. The number of piperazine rings is 1. The molecule has 0 radical (unpaired) electrons. The zero-order valence-corrected chi connectivity index (χ0v) is 15.2. The molecule has 0 aromatic heterocycles. The quantitative estimate of drug-likeness (QED) is 0.895. The molecule has 6 nitrogen and oxygen atoms in total. The molecule has 2 aliphatic heterocycles. The van der Waals surface area contributed by atoms with E-state index < -0.39 is 0 Å². The highest BCUT2D eigenvalue weighted by Gasteiger charge is 2.27. The van der Waals surface area contributed by atoms with Gasteiger partial charge in [-0.25, -0.2) is 4.79 Å². The molecule has 7 heteroatoms. The van der Waals surface area contributed by atoms with Crippen molar-refractivity contribution >= 4 is 29.2 Å². The zero-order chi connectivity index (χ0) is 17.8. The number of benzene rings is 1. The van der Waals surface area contributed by atoms with Gasteiger partial charge in [-0.2, -0.15) is 0 Å². The number of hydrogen-bond acceptors (Lipinski definition) is 3. The Morgan fingerprint density at radius 3 is 2.60 bits per heavy atom. The lowest BCUT2D eigenvalue weighted by Gasteiger charge is -2.35. The normalized spacial score (nSPS) is 20.6. The number of halogens is 1. The number of carbonyl (C=O) groups excluding carboxylic acids is 2. The Bertz CT molecular complexity index is 638. The van der Waals surface area contributed by atoms with E-state index in [1.54, 1.807) is 11.0 Å². The Morgan fingerprint density at radius 1 is 1.24 bits per heavy atom. The molecule has 2 aliphatic rings. The third-order valence-corrected chi connectivity index (χ3v) is 5.18. The summed E-state index contributed by atoms with van der Waals surface area (Å²) in [6.45, 7) is 4.86. The molecule has 0 spiro atoms. The lowest BCUT2D eigenvalue weighted by atomic mass is 10.1. The monoisotopic (exact) mass is 365 g/mol. The summed E-state index contributed by atoms with van der Waals surface area (Å²) >= 11 is 6.09. The second-order valence-electron chi connectivity index (χ2n) is 6.60. The maximum absolute atomic E-state index is 12.4. The topological polar surface area (TPSA) is 61.9 Å². The van der Waals surface area contributed by atoms with Crippen molar-refractivity contribution in [1.82, 2.24) is 9.80 Å². The van der Waals surface area contributed by atoms with Crippen LogP contribution in [0.3, 0.4) is 0 Å². The van der Waals surface area contributed by atoms with Crippen LogP contribution >= 0.6 is 11.6 Å². The Kier molecular flexibility index (Phi) is 5.81. The molecule has 136 valence electrons. The molecule has 2 heterocycles. The van der Waals surface area contributed by atoms with Gasteiger partial charge in [0.15, 0.2) is 0 Å². The van der Waals surface area contributed by atoms with E-state index in [0.717, 1.165) is 25.0 Å². The molecule has 3 rings (SSSR count). The fourth-order valence-corrected chi connectivity index (χ4v) is 3.34. The van der Waals surface area contributed by atoms with Crippen LogP contribution in [0.4, 0.5) is 10.5 Å². The maximum atomic E-state index is 12.4. The molecular weight excluding hydrogens is 342 g/mol. The van der Waals surface area contributed by atoms with Gasteiger partial charge in [0.1, 0.15) is 0 Å². The fraction of sp³-hybridized carbons (Fsp3) is 0.556. The molecule has 1 unspecified atom stereocenters. The van der Waals surface area contributed by atoms with Crippen LogP contribution in [0, 0.1) is 6.92 Å². The summed E-state index contributed by atoms with van der Waals surface area (Å²) in [6.07, 6.45) is 2.52. The SMILES string of the molecule is Cc1ccc(NC(=O)N2CCN(C(=O)CC3CCCO3)CC2)cc1Cl. The molecule has 1 N–H and O–H groups in total. The van der Waals surface area contributed by atoms with Crippen molar-refractivity contribution in [2.24, 2.45) is 0 Å². The van der Waals surface area contributed by atoms with Crippen molar-refractivity contribution in [3.63, 3.8) is 0 Å². The third kappa shape index (κ3) is 4.64. The van der Waals surface area contributed by atoms with E-state index in [2.05, 4.69) is 5.32 Å². The molecule has 0 aliphatic carbocycles. The fourth-order valence-electron chi connectivity index (χ4n) is 3.16. The van der Waals surface area contributed by atoms with Crippen LogP contribution in [-0.4, -0.2) is 60.6 Å². The number of aryl methyl sites for hydroxylation is 1. The first kappa shape index (κ1) is 18.0. The Balaban J connectivity index is 1.46. The number of carbonyl (C=O) groups is 2. The van der Waals surface area contributed by atoms with Gasteiger partial charge in [-0.3, -0.25) is 4.79 Å². The minimum Gasteiger partial charge on any atom is -0.378 e. The number of hydrogen-bond donors (Lipinski definition) is 1. The van der Waals surface area contributed by atoms with Crippen molar-refractivity contribution in [3.05, 3.63) is 28.8 Å². The van der Waals surface area contributed by atoms with Gasteiger partial charge in [-0.1, -0.05) is 17.7 Å². The van der Waals surface area contributed by atoms with Crippen LogP contribution in [0.2, 0.25) is 5.02 Å². The predicted octanol–water partition coefficient (Wildman–Crippen LogP) is 2.89. The van der Waals surface area contributed by atoms with Crippen molar-refractivity contribution < 1.29 is 14.3 Å². The van der Waals surface area contributed by atoms with Crippen LogP contribution < -0.4 is 5.32 Å². The molecule has 0 bridgehead atoms. The van der Waals surface area contributed by atoms with Gasteiger partial charge >= 0.3 is 6.03 Å². The van der Waals surface area contributed by atoms with Crippen molar-refractivity contribution in [1.29, 1.82) is 0 Å². The van der Waals surface area contributed by atoms with Crippen molar-refractivity contribution in [3.8, 4) is 0 Å². The first-order valence-corrected chi connectivity index (χ1v) is 9.12. The molecule has 2 fully saturated rings. The molecular formula is C18H24ClN3O3. The highest BCUT2D eigenvalue weighted by Crippen LogP contribution is 2.21. The van der Waals surface area contributed by atoms with Gasteiger partial charge in [0.2, 0.25) is 5.91 Å². The van der Waals surface area contributed by atoms with Gasteiger partial charge < -0.3 is 19.9 Å². The average Bonchev–Trinajstić information content (AvgIpc) is 3.11. The van der Waals surface area contributed by atoms with Gasteiger partial charge in [-0.05, 0) is 37.5 Å². The number of nitrogens with one attached hydrogen (secondary N) is 1. The van der Waals surface area contributed by atoms with Crippen LogP contribution in [0.15, 0.2) is 18.2 Å². The lowest BCUT2D eigenvalue weighted by Crippen LogP contribution is -2.52. The number of nitrogens with zero attached hydrogens (tertiary/aromatic N) is 2. The van der Waals surface area contributed by atoms with E-state index in [9.17, 15) is 9.59 Å². The molecule has 2 saturated heterocycles. The number of urea groups is 1. The summed E-state index contributed by atoms with van der Waals surface area (Å²) in [5.41, 5.74) is 1.65. The number of anilines is 1. The second kappa shape index (κ2) is 8.06. The second-order valence-corrected chi connectivity index (χ2v) is 7.01. The zero-order valence-electron chi connectivity index (χ0n) is 14.5. The van der Waals surface area contributed by atoms with Crippen molar-refractivity contribution in [2.45, 2.75) is 32.3 Å². The number of ether oxygens (including phenoxy) is 1. The van der Waals surface area contributed by atoms with Crippen molar-refractivity contribution in [2.75, 3.05) is 38.1 Å². The molecule has 25 heavy (non-hydrogen) atoms. The first-order valence-electron chi connectivity index (χ1n) is 8.74. The van der Waals surface area contributed by atoms with E-state index >= 15 is 0 Å². The van der Waals surface area contributed by atoms with Crippen LogP contribution in [0.25, 0.3) is 0 Å². The van der Waals surface area contributed by atoms with E-state index in [-0.39, 0.29) is 18.0 Å². The standard InChI is InChI=1S/C18H24ClN3O3/c1-13-4-5-14(11-16(13)19)20-18(24)22-8-6-21(7-9-22)17(23)12-15-3-2-10-25-15/h4-5,11,15H,2-3,6-10,12H2,1H3,(H,20,24). The predicted molar refractivity (Wildman–Crippen MR) is 97.0 cm³/mol. The minimum absolute atomic E-state index is 0.0696. The highest BCUT2D eigenvalue weighted by atomic mass is 35.5. The van der Waals surface area contributed by atoms with E-state index in [4.69, 9.17) is 16.3 Å². The molecule has 1 aromatic carbocycles. The Labute approximate surface area is 153 Å². The largest absolute Gasteiger partial charge is 0.378 e. The van der Waals surface area contributed by atoms with Crippen LogP contribution in [0.5, 0.6) is 0 Å². The minimum atomic E-state index is -0.161. The molecule has 1 atom stereocenters. The highest BCUT2D eigenvalue weighted by molar-refractivity contribution is 6.31. The maximum Gasteiger partial charge on any atom is 0.321 e. The summed E-state index contributed by atoms with van der Waals surface area (Å²) in [5, 5.41) is 3.49. The van der Waals surface area contributed by atoms with Gasteiger partial charge in [0, 0.05) is 43.5 Å². The summed E-state index contributed by atoms with van der Waals surface area (Å²) in [4.78, 5) is 28.2. The first-order chi connectivity index (χ1) is 12.0. The van der Waals surface area contributed by atoms with Crippen LogP contribution in [0.1, 0.15) is 24.8 Å². The molecule has 0 saturated carbocycles. The van der Waals surface area contributed by atoms with E-state index in [0.29, 0.717) is 43.3 Å². The van der Waals surface area contributed by atoms with Gasteiger partial charge in [0.25, 0.3) is 0 Å². The smallest absolute Gasteiger partial charge is 0.321 e. The molecule has 1 aromatic rings. The Morgan fingerprint density at radius 2 is 1.96 bits per heavy atom. The third-order valence-electron chi connectivity index (χ3n) is 4.77. The number of amides is 3. The molecule has 3 amide bonds.